The minimum absolute atomic E-state index is 0.00489. The van der Waals surface area contributed by atoms with Crippen molar-refractivity contribution in [3.63, 3.8) is 0 Å². The summed E-state index contributed by atoms with van der Waals surface area (Å²) in [5.74, 6) is 1.07. The van der Waals surface area contributed by atoms with Crippen LogP contribution in [0, 0.1) is 0 Å². The molecular formula is C41H75N5O13S. The molecule has 348 valence electrons. The van der Waals surface area contributed by atoms with Crippen LogP contribution in [0.1, 0.15) is 83.5 Å². The van der Waals surface area contributed by atoms with E-state index in [1.807, 2.05) is 11.8 Å². The van der Waals surface area contributed by atoms with Crippen molar-refractivity contribution in [2.45, 2.75) is 101 Å². The molecule has 0 aliphatic carbocycles. The van der Waals surface area contributed by atoms with Crippen LogP contribution in [-0.2, 0) is 57.1 Å². The Morgan fingerprint density at radius 2 is 0.917 bits per heavy atom. The molecule has 0 bridgehead atoms. The molecule has 5 N–H and O–H groups in total. The third-order valence-corrected chi connectivity index (χ3v) is 10.9. The van der Waals surface area contributed by atoms with Crippen LogP contribution in [0.5, 0.6) is 0 Å². The Morgan fingerprint density at radius 1 is 0.517 bits per heavy atom. The van der Waals surface area contributed by atoms with Crippen molar-refractivity contribution in [2.24, 2.45) is 0 Å². The van der Waals surface area contributed by atoms with Gasteiger partial charge in [0, 0.05) is 56.3 Å². The van der Waals surface area contributed by atoms with E-state index in [0.29, 0.717) is 156 Å². The fraction of sp³-hybridized carbons (Fsp3) is 0.878. The molecule has 0 spiro atoms. The number of ether oxygens (including phenoxy) is 8. The first-order valence-corrected chi connectivity index (χ1v) is 23.1. The first-order valence-electron chi connectivity index (χ1n) is 22.0. The number of rotatable bonds is 44. The van der Waals surface area contributed by atoms with E-state index in [1.54, 1.807) is 0 Å². The Morgan fingerprint density at radius 3 is 1.37 bits per heavy atom. The Bertz CT molecular complexity index is 1120. The lowest BCUT2D eigenvalue weighted by molar-refractivity contribution is -0.122. The Balaban J connectivity index is 1.19. The molecule has 0 aromatic rings. The van der Waals surface area contributed by atoms with Crippen LogP contribution in [-0.4, -0.2) is 178 Å². The number of aldehydes is 1. The summed E-state index contributed by atoms with van der Waals surface area (Å²) in [6, 6.07) is 0.389. The van der Waals surface area contributed by atoms with Gasteiger partial charge in [0.1, 0.15) is 6.29 Å². The van der Waals surface area contributed by atoms with E-state index in [1.165, 1.54) is 0 Å². The number of carbonyl (C=O) groups is 5. The Kier molecular flexibility index (Phi) is 35.0. The number of hydrogen-bond donors (Lipinski definition) is 5. The molecular weight excluding hydrogens is 803 g/mol. The summed E-state index contributed by atoms with van der Waals surface area (Å²) in [5.41, 5.74) is 0. The van der Waals surface area contributed by atoms with E-state index in [-0.39, 0.29) is 35.8 Å². The van der Waals surface area contributed by atoms with Gasteiger partial charge < -0.3 is 69.3 Å². The molecule has 2 aliphatic heterocycles. The summed E-state index contributed by atoms with van der Waals surface area (Å²) in [4.78, 5) is 58.0. The number of fused-ring (bicyclic) bond motifs is 1. The third kappa shape index (κ3) is 31.3. The van der Waals surface area contributed by atoms with Gasteiger partial charge in [0.25, 0.3) is 0 Å². The predicted molar refractivity (Wildman–Crippen MR) is 227 cm³/mol. The lowest BCUT2D eigenvalue weighted by Crippen LogP contribution is -2.36. The maximum Gasteiger partial charge on any atom is 0.315 e. The highest BCUT2D eigenvalue weighted by Crippen LogP contribution is 2.33. The van der Waals surface area contributed by atoms with Gasteiger partial charge in [0.05, 0.1) is 118 Å². The SMILES string of the molecule is O=CCCOCCOCCOCCOCCOCCOCCOCCOCCNC(=O)CCCCCNC(=O)CCCCCNC(=O)CCCCC1SCC2NC(=O)NC21. The summed E-state index contributed by atoms with van der Waals surface area (Å²) >= 11 is 1.90. The molecule has 60 heavy (non-hydrogen) atoms. The highest BCUT2D eigenvalue weighted by molar-refractivity contribution is 8.00. The van der Waals surface area contributed by atoms with Crippen molar-refractivity contribution in [3.05, 3.63) is 0 Å². The van der Waals surface area contributed by atoms with Gasteiger partial charge in [-0.2, -0.15) is 11.8 Å². The molecule has 0 aromatic heterocycles. The number of amides is 5. The smallest absolute Gasteiger partial charge is 0.315 e. The molecule has 2 fully saturated rings. The average Bonchev–Trinajstić information content (AvgIpc) is 3.80. The molecule has 2 aliphatic rings. The van der Waals surface area contributed by atoms with Crippen molar-refractivity contribution in [1.29, 1.82) is 0 Å². The molecule has 3 unspecified atom stereocenters. The van der Waals surface area contributed by atoms with E-state index >= 15 is 0 Å². The first-order chi connectivity index (χ1) is 29.5. The zero-order valence-electron chi connectivity index (χ0n) is 35.9. The van der Waals surface area contributed by atoms with Gasteiger partial charge in [-0.1, -0.05) is 19.3 Å². The minimum Gasteiger partial charge on any atom is -0.379 e. The molecule has 0 aromatic carbocycles. The summed E-state index contributed by atoms with van der Waals surface area (Å²) in [5, 5.41) is 15.2. The number of unbranched alkanes of at least 4 members (excludes halogenated alkanes) is 5. The van der Waals surface area contributed by atoms with Crippen LogP contribution in [0.15, 0.2) is 0 Å². The lowest BCUT2D eigenvalue weighted by Gasteiger charge is -2.16. The molecule has 19 heteroatoms. The fourth-order valence-corrected chi connectivity index (χ4v) is 7.75. The zero-order chi connectivity index (χ0) is 43.0. The second-order valence-corrected chi connectivity index (χ2v) is 15.7. The van der Waals surface area contributed by atoms with Crippen molar-refractivity contribution >= 4 is 41.8 Å². The van der Waals surface area contributed by atoms with Gasteiger partial charge >= 0.3 is 6.03 Å². The van der Waals surface area contributed by atoms with Gasteiger partial charge in [-0.25, -0.2) is 4.79 Å². The quantitative estimate of drug-likeness (QED) is 0.0336. The van der Waals surface area contributed by atoms with Gasteiger partial charge in [-0.3, -0.25) is 14.4 Å². The van der Waals surface area contributed by atoms with Crippen LogP contribution in [0.4, 0.5) is 4.79 Å². The topological polar surface area (TPSA) is 219 Å². The van der Waals surface area contributed by atoms with Gasteiger partial charge in [-0.05, 0) is 38.5 Å². The molecule has 18 nitrogen and oxygen atoms in total. The first kappa shape index (κ1) is 53.5. The Hall–Kier alpha value is -2.62. The van der Waals surface area contributed by atoms with Crippen molar-refractivity contribution in [2.75, 3.05) is 131 Å². The predicted octanol–water partition coefficient (Wildman–Crippen LogP) is 1.90. The number of thioether (sulfide) groups is 1. The summed E-state index contributed by atoms with van der Waals surface area (Å²) in [6.07, 6.45) is 10.5. The van der Waals surface area contributed by atoms with Crippen LogP contribution < -0.4 is 26.6 Å². The normalized spacial score (nSPS) is 16.9. The molecule has 5 amide bonds. The highest BCUT2D eigenvalue weighted by Gasteiger charge is 2.42. The zero-order valence-corrected chi connectivity index (χ0v) is 36.7. The molecule has 3 atom stereocenters. The fourth-order valence-electron chi connectivity index (χ4n) is 6.21. The third-order valence-electron chi connectivity index (χ3n) is 9.44. The van der Waals surface area contributed by atoms with E-state index in [2.05, 4.69) is 26.6 Å². The Labute approximate surface area is 361 Å². The average molecular weight is 878 g/mol. The molecule has 0 saturated carbocycles. The van der Waals surface area contributed by atoms with Crippen LogP contribution in [0.2, 0.25) is 0 Å². The number of hydrogen-bond acceptors (Lipinski definition) is 14. The molecule has 2 heterocycles. The van der Waals surface area contributed by atoms with E-state index < -0.39 is 0 Å². The number of urea groups is 1. The second-order valence-electron chi connectivity index (χ2n) is 14.4. The number of nitrogens with one attached hydrogen (secondary N) is 5. The van der Waals surface area contributed by atoms with E-state index in [9.17, 15) is 24.0 Å². The second kappa shape index (κ2) is 39.2. The summed E-state index contributed by atoms with van der Waals surface area (Å²) < 4.78 is 43.4. The van der Waals surface area contributed by atoms with Crippen molar-refractivity contribution < 1.29 is 61.9 Å². The summed E-state index contributed by atoms with van der Waals surface area (Å²) in [7, 11) is 0. The van der Waals surface area contributed by atoms with Crippen LogP contribution in [0.25, 0.3) is 0 Å². The van der Waals surface area contributed by atoms with Gasteiger partial charge in [0.2, 0.25) is 17.7 Å². The maximum absolute atomic E-state index is 12.1. The monoisotopic (exact) mass is 878 g/mol. The van der Waals surface area contributed by atoms with E-state index in [4.69, 9.17) is 37.9 Å². The lowest BCUT2D eigenvalue weighted by atomic mass is 10.0. The summed E-state index contributed by atoms with van der Waals surface area (Å²) in [6.45, 7) is 9.12. The largest absolute Gasteiger partial charge is 0.379 e. The van der Waals surface area contributed by atoms with Crippen LogP contribution >= 0.6 is 11.8 Å². The molecule has 0 radical (unpaired) electrons. The molecule has 2 rings (SSSR count). The van der Waals surface area contributed by atoms with Crippen molar-refractivity contribution in [3.8, 4) is 0 Å². The minimum atomic E-state index is -0.0651. The standard InChI is InChI=1S/C41H75N5O13S/c47-17-9-18-52-20-22-54-24-26-56-28-30-58-32-33-59-31-29-57-27-25-55-23-21-53-19-16-44-39(50)12-4-2-8-14-42-37(48)11-3-1-7-15-43-38(49)13-6-5-10-36-40-35(34-60-36)45-41(51)46-40/h17,35-36,40H,1-16,18-34H2,(H,42,48)(H,43,49)(H,44,50)(H2,45,46,51). The van der Waals surface area contributed by atoms with E-state index in [0.717, 1.165) is 69.8 Å². The number of carbonyl (C=O) groups excluding carboxylic acids is 5. The van der Waals surface area contributed by atoms with Crippen LogP contribution in [0.3, 0.4) is 0 Å². The highest BCUT2D eigenvalue weighted by atomic mass is 32.2. The van der Waals surface area contributed by atoms with Crippen molar-refractivity contribution in [1.82, 2.24) is 26.6 Å². The maximum atomic E-state index is 12.1. The van der Waals surface area contributed by atoms with Gasteiger partial charge in [-0.15, -0.1) is 0 Å². The van der Waals surface area contributed by atoms with Gasteiger partial charge in [0.15, 0.2) is 0 Å². The molecule has 2 saturated heterocycles.